The number of amides is 2. The Kier molecular flexibility index (Phi) is 4.70. The first-order chi connectivity index (χ1) is 12.2. The first-order valence-electron chi connectivity index (χ1n) is 8.07. The maximum Gasteiger partial charge on any atom is 0.405 e. The van der Waals surface area contributed by atoms with E-state index in [1.165, 1.54) is 0 Å². The number of carbonyl (C=O) groups excluding carboxylic acids is 2. The van der Waals surface area contributed by atoms with E-state index in [4.69, 9.17) is 15.2 Å². The molecule has 0 fully saturated rings. The maximum absolute atomic E-state index is 12.7. The van der Waals surface area contributed by atoms with Crippen LogP contribution in [0.5, 0.6) is 11.5 Å². The van der Waals surface area contributed by atoms with Gasteiger partial charge in [0.1, 0.15) is 12.6 Å². The fraction of sp³-hybridized carbons (Fsp3) is 0.500. The average Bonchev–Trinajstić information content (AvgIpc) is 3.21. The van der Waals surface area contributed by atoms with Gasteiger partial charge in [0.25, 0.3) is 0 Å². The summed E-state index contributed by atoms with van der Waals surface area (Å²) in [5.41, 5.74) is 6.76. The van der Waals surface area contributed by atoms with E-state index in [2.05, 4.69) is 0 Å². The largest absolute Gasteiger partial charge is 0.454 e. The molecular weight excluding hydrogens is 355 g/mol. The topological polar surface area (TPSA) is 93.9 Å². The molecule has 0 aliphatic carbocycles. The standard InChI is InChI=1S/C16H18F3N3O4/c1-2-9(20)15(24)22-10-3-4-12-13(26-7-25-12)8(10)5-11(22)14(23)21-6-16(17,18)19/h3-4,9,11H,2,5-7,20H2,1H3,(H,21,23)/t9-,11+/m0/s1. The summed E-state index contributed by atoms with van der Waals surface area (Å²) in [6.45, 7) is 0.231. The zero-order chi connectivity index (χ0) is 19.1. The number of benzene rings is 1. The summed E-state index contributed by atoms with van der Waals surface area (Å²) in [7, 11) is 0. The number of nitrogens with one attached hydrogen (secondary N) is 1. The van der Waals surface area contributed by atoms with Crippen LogP contribution in [0.2, 0.25) is 0 Å². The molecule has 0 saturated carbocycles. The van der Waals surface area contributed by atoms with Crippen LogP contribution < -0.4 is 25.4 Å². The Morgan fingerprint density at radius 2 is 2.12 bits per heavy atom. The SMILES string of the molecule is CC[C@H](N)C(=O)N1c2ccc3c(c2C[C@@H]1C(=O)NCC(F)(F)F)OCO3. The number of carbonyl (C=O) groups is 2. The number of fused-ring (bicyclic) bond motifs is 3. The molecule has 2 amide bonds. The van der Waals surface area contributed by atoms with Gasteiger partial charge in [0.15, 0.2) is 11.5 Å². The van der Waals surface area contributed by atoms with E-state index in [0.29, 0.717) is 29.2 Å². The number of ether oxygens (including phenoxy) is 2. The van der Waals surface area contributed by atoms with Crippen molar-refractivity contribution in [1.82, 2.24) is 5.32 Å². The molecule has 0 radical (unpaired) electrons. The van der Waals surface area contributed by atoms with E-state index in [0.717, 1.165) is 4.90 Å². The lowest BCUT2D eigenvalue weighted by Crippen LogP contribution is -2.53. The predicted octanol–water partition coefficient (Wildman–Crippen LogP) is 1.09. The molecule has 0 saturated heterocycles. The highest BCUT2D eigenvalue weighted by molar-refractivity contribution is 6.06. The van der Waals surface area contributed by atoms with Crippen LogP contribution in [-0.2, 0) is 16.0 Å². The third-order valence-electron chi connectivity index (χ3n) is 4.35. The number of hydrogen-bond donors (Lipinski definition) is 2. The predicted molar refractivity (Wildman–Crippen MR) is 84.9 cm³/mol. The highest BCUT2D eigenvalue weighted by Crippen LogP contribution is 2.46. The Balaban J connectivity index is 1.93. The Hall–Kier alpha value is -2.49. The maximum atomic E-state index is 12.7. The Morgan fingerprint density at radius 1 is 1.38 bits per heavy atom. The van der Waals surface area contributed by atoms with E-state index < -0.39 is 36.6 Å². The van der Waals surface area contributed by atoms with Crippen LogP contribution in [0, 0.1) is 0 Å². The van der Waals surface area contributed by atoms with Gasteiger partial charge in [-0.15, -0.1) is 0 Å². The van der Waals surface area contributed by atoms with Crippen LogP contribution in [0.3, 0.4) is 0 Å². The highest BCUT2D eigenvalue weighted by Gasteiger charge is 2.43. The normalized spacial score (nSPS) is 19.3. The number of halogens is 3. The van der Waals surface area contributed by atoms with Crippen LogP contribution in [-0.4, -0.2) is 43.4 Å². The molecule has 2 heterocycles. The molecule has 10 heteroatoms. The first-order valence-corrected chi connectivity index (χ1v) is 8.07. The van der Waals surface area contributed by atoms with E-state index >= 15 is 0 Å². The van der Waals surface area contributed by atoms with Gasteiger partial charge in [0, 0.05) is 12.0 Å². The third-order valence-corrected chi connectivity index (χ3v) is 4.35. The van der Waals surface area contributed by atoms with Crippen molar-refractivity contribution >= 4 is 17.5 Å². The highest BCUT2D eigenvalue weighted by atomic mass is 19.4. The van der Waals surface area contributed by atoms with Crippen molar-refractivity contribution in [2.45, 2.75) is 38.0 Å². The average molecular weight is 373 g/mol. The van der Waals surface area contributed by atoms with Crippen LogP contribution in [0.25, 0.3) is 0 Å². The number of hydrogen-bond acceptors (Lipinski definition) is 5. The molecule has 2 aliphatic heterocycles. The van der Waals surface area contributed by atoms with E-state index in [1.54, 1.807) is 19.1 Å². The smallest absolute Gasteiger partial charge is 0.405 e. The molecule has 1 aromatic rings. The molecule has 3 N–H and O–H groups in total. The second-order valence-corrected chi connectivity index (χ2v) is 6.07. The summed E-state index contributed by atoms with van der Waals surface area (Å²) in [5.74, 6) is -0.566. The molecule has 26 heavy (non-hydrogen) atoms. The third kappa shape index (κ3) is 3.28. The van der Waals surface area contributed by atoms with Gasteiger partial charge >= 0.3 is 6.18 Å². The first kappa shape index (κ1) is 18.3. The monoisotopic (exact) mass is 373 g/mol. The van der Waals surface area contributed by atoms with Crippen molar-refractivity contribution in [1.29, 1.82) is 0 Å². The molecule has 2 aliphatic rings. The minimum Gasteiger partial charge on any atom is -0.454 e. The summed E-state index contributed by atoms with van der Waals surface area (Å²) >= 11 is 0. The lowest BCUT2D eigenvalue weighted by atomic mass is 10.1. The van der Waals surface area contributed by atoms with E-state index in [1.807, 2.05) is 5.32 Å². The van der Waals surface area contributed by atoms with Crippen molar-refractivity contribution in [2.24, 2.45) is 5.73 Å². The van der Waals surface area contributed by atoms with Gasteiger partial charge in [-0.2, -0.15) is 13.2 Å². The number of nitrogens with two attached hydrogens (primary N) is 1. The van der Waals surface area contributed by atoms with E-state index in [9.17, 15) is 22.8 Å². The van der Waals surface area contributed by atoms with E-state index in [-0.39, 0.29) is 13.2 Å². The summed E-state index contributed by atoms with van der Waals surface area (Å²) in [6.07, 6.45) is -4.20. The van der Waals surface area contributed by atoms with Gasteiger partial charge in [-0.1, -0.05) is 6.92 Å². The lowest BCUT2D eigenvalue weighted by molar-refractivity contribution is -0.139. The van der Waals surface area contributed by atoms with Crippen molar-refractivity contribution in [2.75, 3.05) is 18.2 Å². The van der Waals surface area contributed by atoms with Crippen molar-refractivity contribution in [3.05, 3.63) is 17.7 Å². The Morgan fingerprint density at radius 3 is 2.77 bits per heavy atom. The van der Waals surface area contributed by atoms with Gasteiger partial charge in [-0.3, -0.25) is 14.5 Å². The molecule has 1 aromatic carbocycles. The minimum atomic E-state index is -4.55. The molecule has 0 unspecified atom stereocenters. The van der Waals surface area contributed by atoms with Gasteiger partial charge < -0.3 is 20.5 Å². The zero-order valence-electron chi connectivity index (χ0n) is 13.9. The number of alkyl halides is 3. The summed E-state index contributed by atoms with van der Waals surface area (Å²) in [5, 5.41) is 1.84. The van der Waals surface area contributed by atoms with Crippen LogP contribution in [0.15, 0.2) is 12.1 Å². The Bertz CT molecular complexity index is 738. The second kappa shape index (κ2) is 6.67. The zero-order valence-corrected chi connectivity index (χ0v) is 13.9. The van der Waals surface area contributed by atoms with Gasteiger partial charge in [-0.25, -0.2) is 0 Å². The summed E-state index contributed by atoms with van der Waals surface area (Å²) < 4.78 is 48.0. The van der Waals surface area contributed by atoms with Crippen LogP contribution in [0.1, 0.15) is 18.9 Å². The summed E-state index contributed by atoms with van der Waals surface area (Å²) in [4.78, 5) is 26.2. The molecule has 0 bridgehead atoms. The minimum absolute atomic E-state index is 0.000849. The van der Waals surface area contributed by atoms with Crippen LogP contribution >= 0.6 is 0 Å². The molecule has 0 spiro atoms. The molecule has 0 aromatic heterocycles. The molecule has 7 nitrogen and oxygen atoms in total. The second-order valence-electron chi connectivity index (χ2n) is 6.07. The fourth-order valence-corrected chi connectivity index (χ4v) is 3.04. The summed E-state index contributed by atoms with van der Waals surface area (Å²) in [6, 6.07) is 1.17. The quantitative estimate of drug-likeness (QED) is 0.824. The van der Waals surface area contributed by atoms with Crippen molar-refractivity contribution in [3.8, 4) is 11.5 Å². The molecule has 142 valence electrons. The number of rotatable bonds is 4. The van der Waals surface area contributed by atoms with Crippen molar-refractivity contribution < 1.29 is 32.2 Å². The molecule has 2 atom stereocenters. The fourth-order valence-electron chi connectivity index (χ4n) is 3.04. The van der Waals surface area contributed by atoms with Gasteiger partial charge in [0.2, 0.25) is 18.6 Å². The van der Waals surface area contributed by atoms with Gasteiger partial charge in [0.05, 0.1) is 11.7 Å². The molecular formula is C16H18F3N3O4. The number of nitrogens with zero attached hydrogens (tertiary/aromatic N) is 1. The van der Waals surface area contributed by atoms with Crippen molar-refractivity contribution in [3.63, 3.8) is 0 Å². The Labute approximate surface area is 147 Å². The molecule has 3 rings (SSSR count). The van der Waals surface area contributed by atoms with Gasteiger partial charge in [-0.05, 0) is 18.6 Å². The number of anilines is 1. The van der Waals surface area contributed by atoms with Crippen LogP contribution in [0.4, 0.5) is 18.9 Å². The lowest BCUT2D eigenvalue weighted by Gasteiger charge is -2.27.